The number of thiol groups is 4. The van der Waals surface area contributed by atoms with Crippen molar-refractivity contribution in [2.75, 3.05) is 18.8 Å². The molecule has 5 atom stereocenters. The summed E-state index contributed by atoms with van der Waals surface area (Å²) in [6.07, 6.45) is 15.5. The molecule has 0 aromatic heterocycles. The number of fused-ring (bicyclic) bond motifs is 4. The molecule has 2 aliphatic rings. The number of hydrogen-bond donors (Lipinski definition) is 4. The van der Waals surface area contributed by atoms with Crippen LogP contribution in [0.25, 0.3) is 21.5 Å². The standard InChI is InChI=1S/C26H30.C10H14S2.C10H14S.C9H12S.C7H8S.C2H6.CH4S/c1-17-13-20-7-6-12-26(15-17,16-20)21-10-11-24-18(2)22-8-4-5-9-23(22)19(3)25(24)14-21;1-3-8-4-6-9(7-5-8)10(11)12-2;1-8(2)9-4-6-10(11-3)7-5-9;1-7-3-5-9(6-4-7)8(2)10;1-6-2-4-7(8)5-3-6;2*1-2/h4-5,8-11,14,17,20H,6-7,12-13,15-16H2,1-3H3;4-7,10-11H,3H2,1-2H3;4-8H,1-3H3;3-6,8,10H,1-2H3;2-5,8H,1H3;1-2H3;2H,1H3. The summed E-state index contributed by atoms with van der Waals surface area (Å²) in [4.78, 5) is 2.37. The molecule has 2 fully saturated rings. The van der Waals surface area contributed by atoms with Crippen LogP contribution in [-0.4, -0.2) is 18.8 Å². The third-order valence-corrected chi connectivity index (χ3v) is 16.9. The lowest BCUT2D eigenvalue weighted by molar-refractivity contribution is 0.110. The maximum atomic E-state index is 4.45. The summed E-state index contributed by atoms with van der Waals surface area (Å²) < 4.78 is 0.316. The van der Waals surface area contributed by atoms with Gasteiger partial charge >= 0.3 is 0 Å². The molecular weight excluding hydrogens is 973 g/mol. The van der Waals surface area contributed by atoms with E-state index >= 15 is 0 Å². The molecular formula is C65H88S6. The van der Waals surface area contributed by atoms with Crippen LogP contribution in [0, 0.1) is 39.5 Å². The Morgan fingerprint density at radius 2 is 1.13 bits per heavy atom. The number of rotatable bonds is 7. The lowest BCUT2D eigenvalue weighted by Gasteiger charge is -2.48. The van der Waals surface area contributed by atoms with E-state index < -0.39 is 0 Å². The van der Waals surface area contributed by atoms with Gasteiger partial charge in [-0.3, -0.25) is 0 Å². The maximum Gasteiger partial charge on any atom is 0.0718 e. The number of benzene rings is 7. The van der Waals surface area contributed by atoms with Crippen molar-refractivity contribution >= 4 is 95.6 Å². The summed E-state index contributed by atoms with van der Waals surface area (Å²) in [5.41, 5.74) is 12.9. The zero-order chi connectivity index (χ0) is 52.7. The van der Waals surface area contributed by atoms with Gasteiger partial charge in [0.2, 0.25) is 0 Å². The second-order valence-electron chi connectivity index (χ2n) is 19.4. The Bertz CT molecular complexity index is 2540. The van der Waals surface area contributed by atoms with E-state index in [4.69, 9.17) is 0 Å². The van der Waals surface area contributed by atoms with E-state index in [0.29, 0.717) is 21.2 Å². The lowest BCUT2D eigenvalue weighted by atomic mass is 9.56. The second kappa shape index (κ2) is 32.5. The number of aryl methyl sites for hydroxylation is 5. The molecule has 6 heteroatoms. The maximum absolute atomic E-state index is 4.45. The zero-order valence-electron chi connectivity index (χ0n) is 45.7. The lowest BCUT2D eigenvalue weighted by Crippen LogP contribution is -2.39. The molecule has 0 N–H and O–H groups in total. The van der Waals surface area contributed by atoms with Gasteiger partial charge in [-0.2, -0.15) is 37.9 Å². The molecule has 0 radical (unpaired) electrons. The van der Waals surface area contributed by atoms with Gasteiger partial charge in [-0.15, -0.1) is 36.2 Å². The predicted octanol–water partition coefficient (Wildman–Crippen LogP) is 21.4. The van der Waals surface area contributed by atoms with Gasteiger partial charge in [-0.1, -0.05) is 181 Å². The third-order valence-electron chi connectivity index (χ3n) is 13.9. The van der Waals surface area contributed by atoms with Crippen molar-refractivity contribution in [1.82, 2.24) is 0 Å². The summed E-state index contributed by atoms with van der Waals surface area (Å²) in [7, 11) is 0. The van der Waals surface area contributed by atoms with Crippen LogP contribution in [0.1, 0.15) is 153 Å². The molecule has 0 nitrogen and oxygen atoms in total. The first-order valence-corrected chi connectivity index (χ1v) is 30.8. The van der Waals surface area contributed by atoms with Crippen molar-refractivity contribution in [3.05, 3.63) is 190 Å². The summed E-state index contributed by atoms with van der Waals surface area (Å²) in [6, 6.07) is 50.4. The van der Waals surface area contributed by atoms with Crippen molar-refractivity contribution in [2.24, 2.45) is 11.8 Å². The fourth-order valence-electron chi connectivity index (χ4n) is 9.94. The first kappa shape index (κ1) is 62.5. The van der Waals surface area contributed by atoms with Gasteiger partial charge in [-0.25, -0.2) is 0 Å². The monoisotopic (exact) mass is 1060 g/mol. The van der Waals surface area contributed by atoms with Crippen LogP contribution < -0.4 is 0 Å². The molecule has 384 valence electrons. The molecule has 0 aliphatic heterocycles. The fourth-order valence-corrected chi connectivity index (χ4v) is 11.3. The molecule has 0 heterocycles. The average Bonchev–Trinajstić information content (AvgIpc) is 3.40. The second-order valence-corrected chi connectivity index (χ2v) is 23.4. The minimum Gasteiger partial charge on any atom is -0.183 e. The summed E-state index contributed by atoms with van der Waals surface area (Å²) >= 11 is 20.0. The van der Waals surface area contributed by atoms with Crippen LogP contribution in [0.2, 0.25) is 0 Å². The van der Waals surface area contributed by atoms with Gasteiger partial charge in [0.15, 0.2) is 0 Å². The van der Waals surface area contributed by atoms with E-state index in [-0.39, 0.29) is 0 Å². The Morgan fingerprint density at radius 3 is 1.62 bits per heavy atom. The number of hydrogen-bond acceptors (Lipinski definition) is 6. The predicted molar refractivity (Wildman–Crippen MR) is 340 cm³/mol. The molecule has 0 spiro atoms. The first-order chi connectivity index (χ1) is 34.1. The van der Waals surface area contributed by atoms with E-state index in [0.717, 1.165) is 23.2 Å². The Kier molecular flexibility index (Phi) is 28.6. The minimum atomic E-state index is 0.316. The first-order valence-electron chi connectivity index (χ1n) is 25.9. The molecule has 0 amide bonds. The van der Waals surface area contributed by atoms with Crippen LogP contribution in [0.3, 0.4) is 0 Å². The highest BCUT2D eigenvalue weighted by atomic mass is 32.2. The Hall–Kier alpha value is -2.84. The molecule has 2 bridgehead atoms. The Labute approximate surface area is 464 Å². The van der Waals surface area contributed by atoms with Crippen molar-refractivity contribution in [2.45, 2.75) is 152 Å². The van der Waals surface area contributed by atoms with Crippen molar-refractivity contribution in [1.29, 1.82) is 0 Å². The van der Waals surface area contributed by atoms with Gasteiger partial charge in [0.25, 0.3) is 0 Å². The molecule has 2 saturated carbocycles. The topological polar surface area (TPSA) is 0 Å². The van der Waals surface area contributed by atoms with Gasteiger partial charge in [0.05, 0.1) is 4.58 Å². The van der Waals surface area contributed by atoms with Gasteiger partial charge in [-0.05, 0) is 193 Å². The fraction of sp³-hybridized carbons (Fsp3) is 0.415. The summed E-state index contributed by atoms with van der Waals surface area (Å²) in [5, 5.41) is 6.10. The van der Waals surface area contributed by atoms with E-state index in [1.807, 2.05) is 38.1 Å². The van der Waals surface area contributed by atoms with Crippen LogP contribution in [-0.2, 0) is 11.8 Å². The SMILES string of the molecule is CC.CCc1ccc(C(S)SC)cc1.CS.CSc1ccc(C(C)C)cc1.Cc1c2ccccc2c(C)c2cc(C34CCCC(CC(C)C3)C4)ccc12.Cc1ccc(C(C)S)cc1.Cc1ccc(S)cc1. The molecule has 0 saturated heterocycles. The zero-order valence-corrected chi connectivity index (χ0v) is 50.9. The third kappa shape index (κ3) is 19.1. The van der Waals surface area contributed by atoms with E-state index in [2.05, 4.69) is 241 Å². The molecule has 9 rings (SSSR count). The highest BCUT2D eigenvalue weighted by Gasteiger charge is 2.43. The van der Waals surface area contributed by atoms with Gasteiger partial charge < -0.3 is 0 Å². The molecule has 7 aromatic carbocycles. The van der Waals surface area contributed by atoms with Crippen LogP contribution in [0.4, 0.5) is 0 Å². The van der Waals surface area contributed by atoms with E-state index in [1.165, 1.54) is 109 Å². The minimum absolute atomic E-state index is 0.316. The largest absolute Gasteiger partial charge is 0.183 e. The molecule has 71 heavy (non-hydrogen) atoms. The van der Waals surface area contributed by atoms with Crippen molar-refractivity contribution in [3.63, 3.8) is 0 Å². The quantitative estimate of drug-likeness (QED) is 0.0544. The van der Waals surface area contributed by atoms with E-state index in [9.17, 15) is 0 Å². The highest BCUT2D eigenvalue weighted by molar-refractivity contribution is 8.09. The van der Waals surface area contributed by atoms with Crippen LogP contribution in [0.15, 0.2) is 149 Å². The van der Waals surface area contributed by atoms with Crippen molar-refractivity contribution in [3.8, 4) is 0 Å². The Morgan fingerprint density at radius 1 is 0.620 bits per heavy atom. The molecule has 5 unspecified atom stereocenters. The van der Waals surface area contributed by atoms with Gasteiger partial charge in [0.1, 0.15) is 0 Å². The van der Waals surface area contributed by atoms with E-state index in [1.54, 1.807) is 35.3 Å². The average molecular weight is 1060 g/mol. The smallest absolute Gasteiger partial charge is 0.0718 e. The molecule has 2 aliphatic carbocycles. The number of thioether (sulfide) groups is 2. The van der Waals surface area contributed by atoms with Crippen LogP contribution in [0.5, 0.6) is 0 Å². The molecule has 7 aromatic rings. The van der Waals surface area contributed by atoms with Crippen LogP contribution >= 0.6 is 74.0 Å². The Balaban J connectivity index is 0.000000251. The summed E-state index contributed by atoms with van der Waals surface area (Å²) in [5.74, 6) is 2.48. The normalized spacial score (nSPS) is 17.3. The van der Waals surface area contributed by atoms with Gasteiger partial charge in [0, 0.05) is 15.0 Å². The highest BCUT2D eigenvalue weighted by Crippen LogP contribution is 2.53. The van der Waals surface area contributed by atoms with Crippen molar-refractivity contribution < 1.29 is 0 Å². The summed E-state index contributed by atoms with van der Waals surface area (Å²) in [6.45, 7) is 23.9.